The van der Waals surface area contributed by atoms with E-state index in [4.69, 9.17) is 16.3 Å². The van der Waals surface area contributed by atoms with E-state index in [2.05, 4.69) is 27.7 Å². The van der Waals surface area contributed by atoms with E-state index in [0.717, 1.165) is 40.3 Å². The Morgan fingerprint density at radius 3 is 2.75 bits per heavy atom. The maximum absolute atomic E-state index is 10.9. The first kappa shape index (κ1) is 18.9. The van der Waals surface area contributed by atoms with Crippen molar-refractivity contribution in [3.63, 3.8) is 0 Å². The first-order chi connectivity index (χ1) is 13.5. The molecule has 1 aromatic carbocycles. The fraction of sp³-hybridized carbons (Fsp3) is 0.409. The highest BCUT2D eigenvalue weighted by Crippen LogP contribution is 2.35. The van der Waals surface area contributed by atoms with Crippen LogP contribution in [0, 0.1) is 18.8 Å². The zero-order chi connectivity index (χ0) is 19.7. The first-order valence-electron chi connectivity index (χ1n) is 9.79. The number of rotatable bonds is 5. The van der Waals surface area contributed by atoms with Crippen LogP contribution in [0.5, 0.6) is 6.01 Å². The smallest absolute Gasteiger partial charge is 0.325 e. The number of nitrogens with zero attached hydrogens (tertiary/aromatic N) is 3. The van der Waals surface area contributed by atoms with Crippen molar-refractivity contribution < 1.29 is 9.53 Å². The number of carbonyl (C=O) groups excluding carboxylic acids is 1. The molecule has 0 bridgehead atoms. The van der Waals surface area contributed by atoms with Crippen LogP contribution in [0.4, 0.5) is 0 Å². The average Bonchev–Trinajstić information content (AvgIpc) is 2.99. The second kappa shape index (κ2) is 7.92. The summed E-state index contributed by atoms with van der Waals surface area (Å²) >= 11 is 6.22. The van der Waals surface area contributed by atoms with E-state index in [1.165, 1.54) is 25.7 Å². The normalized spacial score (nSPS) is 19.7. The van der Waals surface area contributed by atoms with Crippen LogP contribution in [0.2, 0.25) is 5.02 Å². The van der Waals surface area contributed by atoms with E-state index in [9.17, 15) is 4.79 Å². The molecule has 0 saturated heterocycles. The van der Waals surface area contributed by atoms with Gasteiger partial charge in [-0.05, 0) is 49.3 Å². The van der Waals surface area contributed by atoms with Gasteiger partial charge < -0.3 is 9.30 Å². The minimum atomic E-state index is 0.0600. The molecule has 4 rings (SSSR count). The summed E-state index contributed by atoms with van der Waals surface area (Å²) < 4.78 is 7.26. The monoisotopic (exact) mass is 397 g/mol. The Hall–Kier alpha value is -2.40. The van der Waals surface area contributed by atoms with Crippen molar-refractivity contribution in [3.05, 3.63) is 41.0 Å². The van der Waals surface area contributed by atoms with Crippen molar-refractivity contribution in [3.8, 4) is 17.3 Å². The molecule has 1 fully saturated rings. The van der Waals surface area contributed by atoms with E-state index < -0.39 is 0 Å². The summed E-state index contributed by atoms with van der Waals surface area (Å²) in [5.74, 6) is 1.48. The van der Waals surface area contributed by atoms with Crippen LogP contribution in [-0.4, -0.2) is 21.0 Å². The maximum Gasteiger partial charge on any atom is 0.325 e. The highest BCUT2D eigenvalue weighted by atomic mass is 35.5. The fourth-order valence-corrected chi connectivity index (χ4v) is 4.40. The van der Waals surface area contributed by atoms with E-state index >= 15 is 0 Å². The Kier molecular flexibility index (Phi) is 5.36. The van der Waals surface area contributed by atoms with Gasteiger partial charge in [0.05, 0.1) is 11.0 Å². The van der Waals surface area contributed by atoms with Crippen LogP contribution in [0.3, 0.4) is 0 Å². The Balaban J connectivity index is 1.83. The van der Waals surface area contributed by atoms with Crippen LogP contribution in [0.25, 0.3) is 22.3 Å². The number of hydrogen-bond acceptors (Lipinski definition) is 4. The van der Waals surface area contributed by atoms with Gasteiger partial charge in [0.1, 0.15) is 5.69 Å². The van der Waals surface area contributed by atoms with E-state index in [-0.39, 0.29) is 6.01 Å². The Morgan fingerprint density at radius 2 is 2.04 bits per heavy atom. The second-order valence-corrected chi connectivity index (χ2v) is 8.30. The predicted octanol–water partition coefficient (Wildman–Crippen LogP) is 5.42. The first-order valence-corrected chi connectivity index (χ1v) is 10.2. The van der Waals surface area contributed by atoms with Crippen LogP contribution in [-0.2, 0) is 11.3 Å². The molecule has 3 aromatic rings. The van der Waals surface area contributed by atoms with Gasteiger partial charge in [-0.1, -0.05) is 43.5 Å². The summed E-state index contributed by atoms with van der Waals surface area (Å²) in [5.41, 5.74) is 4.44. The third-order valence-electron chi connectivity index (χ3n) is 5.72. The lowest BCUT2D eigenvalue weighted by Gasteiger charge is -2.26. The lowest BCUT2D eigenvalue weighted by atomic mass is 9.83. The molecule has 1 aliphatic rings. The summed E-state index contributed by atoms with van der Waals surface area (Å²) in [6, 6.07) is 7.63. The minimum Gasteiger partial charge on any atom is -0.393 e. The minimum absolute atomic E-state index is 0.0600. The molecule has 6 heteroatoms. The van der Waals surface area contributed by atoms with Crippen LogP contribution in [0.15, 0.2) is 30.5 Å². The van der Waals surface area contributed by atoms with Gasteiger partial charge in [0.2, 0.25) is 0 Å². The molecule has 2 heterocycles. The highest BCUT2D eigenvalue weighted by Gasteiger charge is 2.22. The number of halogens is 1. The van der Waals surface area contributed by atoms with Crippen molar-refractivity contribution in [2.45, 2.75) is 46.1 Å². The molecule has 2 aromatic heterocycles. The molecule has 0 spiro atoms. The summed E-state index contributed by atoms with van der Waals surface area (Å²) in [6.45, 7) is 5.67. The van der Waals surface area contributed by atoms with Crippen LogP contribution >= 0.6 is 11.6 Å². The molecule has 28 heavy (non-hydrogen) atoms. The summed E-state index contributed by atoms with van der Waals surface area (Å²) in [7, 11) is 0. The van der Waals surface area contributed by atoms with Gasteiger partial charge >= 0.3 is 12.5 Å². The van der Waals surface area contributed by atoms with Gasteiger partial charge in [-0.2, -0.15) is 9.97 Å². The molecule has 0 atom stereocenters. The standard InChI is InChI=1S/C22H24ClN3O2/c1-14-6-8-16(9-7-14)12-26-11-15(2)19-21(26)20(25-22(24-19)28-13-27)17-4-3-5-18(23)10-17/h3-5,10-11,13-14,16H,6-9,12H2,1-2H3/t14-,16-. The second-order valence-electron chi connectivity index (χ2n) is 7.87. The Morgan fingerprint density at radius 1 is 1.25 bits per heavy atom. The van der Waals surface area contributed by atoms with Crippen molar-refractivity contribution >= 4 is 29.1 Å². The molecule has 1 saturated carbocycles. The molecule has 1 aliphatic carbocycles. The predicted molar refractivity (Wildman–Crippen MR) is 111 cm³/mol. The Labute approximate surface area is 169 Å². The van der Waals surface area contributed by atoms with Gasteiger partial charge in [0, 0.05) is 23.3 Å². The molecule has 0 N–H and O–H groups in total. The number of aryl methyl sites for hydroxylation is 1. The van der Waals surface area contributed by atoms with Crippen molar-refractivity contribution in [2.24, 2.45) is 11.8 Å². The zero-order valence-corrected chi connectivity index (χ0v) is 16.9. The molecular weight excluding hydrogens is 374 g/mol. The van der Waals surface area contributed by atoms with Gasteiger partial charge in [-0.25, -0.2) is 0 Å². The number of hydrogen-bond donors (Lipinski definition) is 0. The zero-order valence-electron chi connectivity index (χ0n) is 16.2. The van der Waals surface area contributed by atoms with Gasteiger partial charge in [-0.15, -0.1) is 0 Å². The number of carbonyl (C=O) groups is 1. The maximum atomic E-state index is 10.9. The van der Waals surface area contributed by atoms with Gasteiger partial charge in [-0.3, -0.25) is 4.79 Å². The molecule has 5 nitrogen and oxygen atoms in total. The molecular formula is C22H24ClN3O2. The molecule has 146 valence electrons. The average molecular weight is 398 g/mol. The molecule has 0 unspecified atom stereocenters. The number of fused-ring (bicyclic) bond motifs is 1. The number of aromatic nitrogens is 3. The van der Waals surface area contributed by atoms with Crippen molar-refractivity contribution in [2.75, 3.05) is 0 Å². The summed E-state index contributed by atoms with van der Waals surface area (Å²) in [6.07, 6.45) is 7.21. The topological polar surface area (TPSA) is 57.0 Å². The van der Waals surface area contributed by atoms with Crippen LogP contribution < -0.4 is 4.74 Å². The fourth-order valence-electron chi connectivity index (χ4n) is 4.21. The SMILES string of the molecule is Cc1cn(C[C@H]2CC[C@H](C)CC2)c2c(-c3cccc(Cl)c3)nc(OC=O)nc12. The molecule has 0 aliphatic heterocycles. The highest BCUT2D eigenvalue weighted by molar-refractivity contribution is 6.30. The lowest BCUT2D eigenvalue weighted by Crippen LogP contribution is -2.17. The Bertz CT molecular complexity index is 1010. The third-order valence-corrected chi connectivity index (χ3v) is 5.95. The van der Waals surface area contributed by atoms with Crippen molar-refractivity contribution in [1.29, 1.82) is 0 Å². The number of ether oxygens (including phenoxy) is 1. The van der Waals surface area contributed by atoms with Gasteiger partial charge in [0.25, 0.3) is 0 Å². The largest absolute Gasteiger partial charge is 0.393 e. The van der Waals surface area contributed by atoms with Crippen LogP contribution in [0.1, 0.15) is 38.2 Å². The quantitative estimate of drug-likeness (QED) is 0.539. The molecule has 0 amide bonds. The summed E-state index contributed by atoms with van der Waals surface area (Å²) in [4.78, 5) is 19.9. The van der Waals surface area contributed by atoms with E-state index in [1.807, 2.05) is 31.2 Å². The van der Waals surface area contributed by atoms with E-state index in [0.29, 0.717) is 17.4 Å². The lowest BCUT2D eigenvalue weighted by molar-refractivity contribution is -0.121. The number of benzene rings is 1. The van der Waals surface area contributed by atoms with E-state index in [1.54, 1.807) is 0 Å². The third kappa shape index (κ3) is 3.76. The van der Waals surface area contributed by atoms with Gasteiger partial charge in [0.15, 0.2) is 0 Å². The van der Waals surface area contributed by atoms with Crippen molar-refractivity contribution in [1.82, 2.24) is 14.5 Å². The summed E-state index contributed by atoms with van der Waals surface area (Å²) in [5, 5.41) is 0.637. The molecule has 0 radical (unpaired) electrons.